The molecule has 0 saturated carbocycles. The van der Waals surface area contributed by atoms with Gasteiger partial charge in [0, 0.05) is 11.3 Å². The molecule has 3 aromatic rings. The highest BCUT2D eigenvalue weighted by molar-refractivity contribution is 6.32. The van der Waals surface area contributed by atoms with Crippen LogP contribution in [0.3, 0.4) is 0 Å². The molecule has 0 aromatic heterocycles. The number of ether oxygens (including phenoxy) is 4. The summed E-state index contributed by atoms with van der Waals surface area (Å²) < 4.78 is 21.7. The minimum Gasteiger partial charge on any atom is -0.493 e. The number of aryl methyl sites for hydroxylation is 1. The topological polar surface area (TPSA) is 107 Å². The summed E-state index contributed by atoms with van der Waals surface area (Å²) >= 11 is 6.42. The molecule has 0 unspecified atom stereocenters. The number of methoxy groups -OCH3 is 2. The van der Waals surface area contributed by atoms with Gasteiger partial charge in [0.15, 0.2) is 29.6 Å². The van der Waals surface area contributed by atoms with Crippen LogP contribution in [0.4, 0.5) is 5.69 Å². The molecule has 0 bridgehead atoms. The lowest BCUT2D eigenvalue weighted by Crippen LogP contribution is -2.20. The van der Waals surface area contributed by atoms with Gasteiger partial charge in [-0.15, -0.1) is 0 Å². The highest BCUT2D eigenvalue weighted by atomic mass is 35.5. The first kappa shape index (κ1) is 27.3. The molecule has 0 aliphatic carbocycles. The first-order valence-corrected chi connectivity index (χ1v) is 11.7. The molecule has 3 aromatic carbocycles. The van der Waals surface area contributed by atoms with Gasteiger partial charge in [-0.05, 0) is 67.4 Å². The average Bonchev–Trinajstić information content (AvgIpc) is 2.88. The van der Waals surface area contributed by atoms with Crippen LogP contribution in [0.15, 0.2) is 59.7 Å². The van der Waals surface area contributed by atoms with Crippen molar-refractivity contribution in [1.82, 2.24) is 5.43 Å². The van der Waals surface area contributed by atoms with Gasteiger partial charge in [-0.3, -0.25) is 9.59 Å². The van der Waals surface area contributed by atoms with Crippen LogP contribution in [0.2, 0.25) is 5.02 Å². The van der Waals surface area contributed by atoms with Gasteiger partial charge in [-0.25, -0.2) is 5.43 Å². The van der Waals surface area contributed by atoms with E-state index in [2.05, 4.69) is 15.8 Å². The lowest BCUT2D eigenvalue weighted by molar-refractivity contribution is -0.118. The third-order valence-electron chi connectivity index (χ3n) is 5.01. The first-order chi connectivity index (χ1) is 17.8. The molecule has 0 saturated heterocycles. The zero-order valence-electron chi connectivity index (χ0n) is 21.0. The Labute approximate surface area is 220 Å². The number of nitrogens with one attached hydrogen (secondary N) is 2. The Morgan fingerprint density at radius 2 is 1.76 bits per heavy atom. The molecule has 2 N–H and O–H groups in total. The maximum atomic E-state index is 12.5. The van der Waals surface area contributed by atoms with Gasteiger partial charge in [-0.2, -0.15) is 5.10 Å². The molecule has 194 valence electrons. The van der Waals surface area contributed by atoms with Crippen LogP contribution in [0, 0.1) is 6.92 Å². The second kappa shape index (κ2) is 13.2. The van der Waals surface area contributed by atoms with Crippen molar-refractivity contribution < 1.29 is 28.5 Å². The van der Waals surface area contributed by atoms with E-state index in [0.717, 1.165) is 5.56 Å². The molecule has 3 rings (SSSR count). The highest BCUT2D eigenvalue weighted by Gasteiger charge is 2.15. The maximum absolute atomic E-state index is 12.5. The summed E-state index contributed by atoms with van der Waals surface area (Å²) in [6.45, 7) is 3.83. The number of anilines is 1. The number of hydrogen-bond donors (Lipinski definition) is 2. The molecular formula is C27H28ClN3O6. The van der Waals surface area contributed by atoms with E-state index in [1.165, 1.54) is 20.4 Å². The second-order valence-corrected chi connectivity index (χ2v) is 8.15. The quantitative estimate of drug-likeness (QED) is 0.274. The molecule has 0 atom stereocenters. The van der Waals surface area contributed by atoms with E-state index in [1.54, 1.807) is 36.4 Å². The Bertz CT molecular complexity index is 1300. The zero-order valence-corrected chi connectivity index (χ0v) is 21.7. The lowest BCUT2D eigenvalue weighted by Gasteiger charge is -2.14. The highest BCUT2D eigenvalue weighted by Crippen LogP contribution is 2.36. The summed E-state index contributed by atoms with van der Waals surface area (Å²) in [5.74, 6) is 0.729. The van der Waals surface area contributed by atoms with Crippen molar-refractivity contribution >= 4 is 35.3 Å². The third-order valence-corrected chi connectivity index (χ3v) is 5.29. The van der Waals surface area contributed by atoms with Crippen molar-refractivity contribution in [3.8, 4) is 23.0 Å². The Morgan fingerprint density at radius 3 is 2.46 bits per heavy atom. The van der Waals surface area contributed by atoms with Gasteiger partial charge in [0.05, 0.1) is 32.1 Å². The minimum atomic E-state index is -0.437. The van der Waals surface area contributed by atoms with Crippen molar-refractivity contribution in [3.05, 3.63) is 76.3 Å². The fraction of sp³-hybridized carbons (Fsp3) is 0.222. The number of amides is 2. The van der Waals surface area contributed by atoms with E-state index in [9.17, 15) is 9.59 Å². The third kappa shape index (κ3) is 7.62. The average molecular weight is 526 g/mol. The predicted molar refractivity (Wildman–Crippen MR) is 143 cm³/mol. The van der Waals surface area contributed by atoms with Crippen LogP contribution in [-0.4, -0.2) is 45.5 Å². The van der Waals surface area contributed by atoms with E-state index >= 15 is 0 Å². The van der Waals surface area contributed by atoms with Gasteiger partial charge < -0.3 is 24.3 Å². The molecule has 0 aliphatic heterocycles. The van der Waals surface area contributed by atoms with Crippen LogP contribution < -0.4 is 29.7 Å². The molecule has 0 heterocycles. The molecular weight excluding hydrogens is 498 g/mol. The van der Waals surface area contributed by atoms with Gasteiger partial charge in [0.1, 0.15) is 0 Å². The molecule has 37 heavy (non-hydrogen) atoms. The SMILES string of the molecule is CCOc1cc(/C=N/NC(=O)c2ccc(OC)c(OC)c2)cc(Cl)c1OCC(=O)Nc1cccc(C)c1. The number of hydrogen-bond acceptors (Lipinski definition) is 7. The summed E-state index contributed by atoms with van der Waals surface area (Å²) in [5, 5.41) is 7.00. The number of carbonyl (C=O) groups is 2. The maximum Gasteiger partial charge on any atom is 0.271 e. The summed E-state index contributed by atoms with van der Waals surface area (Å²) in [5.41, 5.74) is 5.05. The zero-order chi connectivity index (χ0) is 26.8. The number of halogens is 1. The minimum absolute atomic E-state index is 0.224. The van der Waals surface area contributed by atoms with E-state index in [4.69, 9.17) is 30.5 Å². The summed E-state index contributed by atoms with van der Waals surface area (Å²) in [4.78, 5) is 24.8. The smallest absolute Gasteiger partial charge is 0.271 e. The molecule has 10 heteroatoms. The fourth-order valence-electron chi connectivity index (χ4n) is 3.33. The Morgan fingerprint density at radius 1 is 0.973 bits per heavy atom. The lowest BCUT2D eigenvalue weighted by atomic mass is 10.2. The molecule has 0 radical (unpaired) electrons. The number of carbonyl (C=O) groups excluding carboxylic acids is 2. The number of benzene rings is 3. The van der Waals surface area contributed by atoms with Crippen molar-refractivity contribution in [3.63, 3.8) is 0 Å². The van der Waals surface area contributed by atoms with E-state index in [1.807, 2.05) is 32.0 Å². The van der Waals surface area contributed by atoms with Crippen molar-refractivity contribution in [1.29, 1.82) is 0 Å². The van der Waals surface area contributed by atoms with Crippen molar-refractivity contribution in [2.75, 3.05) is 32.8 Å². The fourth-order valence-corrected chi connectivity index (χ4v) is 3.60. The Hall–Kier alpha value is -4.24. The monoisotopic (exact) mass is 525 g/mol. The van der Waals surface area contributed by atoms with E-state index < -0.39 is 5.91 Å². The van der Waals surface area contributed by atoms with Crippen molar-refractivity contribution in [2.45, 2.75) is 13.8 Å². The van der Waals surface area contributed by atoms with Gasteiger partial charge in [0.25, 0.3) is 11.8 Å². The molecule has 0 fully saturated rings. The number of nitrogens with zero attached hydrogens (tertiary/aromatic N) is 1. The molecule has 9 nitrogen and oxygen atoms in total. The summed E-state index contributed by atoms with van der Waals surface area (Å²) in [6.07, 6.45) is 1.42. The molecule has 0 aliphatic rings. The van der Waals surface area contributed by atoms with Crippen LogP contribution in [0.25, 0.3) is 0 Å². The summed E-state index contributed by atoms with van der Waals surface area (Å²) in [7, 11) is 3.00. The first-order valence-electron chi connectivity index (χ1n) is 11.4. The standard InChI is InChI=1S/C27H28ClN3O6/c1-5-36-24-13-18(15-29-31-27(33)19-9-10-22(34-3)23(14-19)35-4)12-21(28)26(24)37-16-25(32)30-20-8-6-7-17(2)11-20/h6-15H,5,16H2,1-4H3,(H,30,32)(H,31,33)/b29-15+. The van der Waals surface area contributed by atoms with Crippen LogP contribution in [0.5, 0.6) is 23.0 Å². The number of rotatable bonds is 11. The van der Waals surface area contributed by atoms with Crippen LogP contribution in [0.1, 0.15) is 28.4 Å². The Balaban J connectivity index is 1.67. The Kier molecular flexibility index (Phi) is 9.74. The van der Waals surface area contributed by atoms with Gasteiger partial charge >= 0.3 is 0 Å². The predicted octanol–water partition coefficient (Wildman–Crippen LogP) is 4.85. The molecule has 0 spiro atoms. The van der Waals surface area contributed by atoms with E-state index in [-0.39, 0.29) is 23.3 Å². The van der Waals surface area contributed by atoms with Crippen LogP contribution in [-0.2, 0) is 4.79 Å². The summed E-state index contributed by atoms with van der Waals surface area (Å²) in [6, 6.07) is 15.5. The van der Waals surface area contributed by atoms with Crippen LogP contribution >= 0.6 is 11.6 Å². The normalized spacial score (nSPS) is 10.6. The van der Waals surface area contributed by atoms with Crippen molar-refractivity contribution in [2.24, 2.45) is 5.10 Å². The second-order valence-electron chi connectivity index (χ2n) is 7.74. The van der Waals surface area contributed by atoms with Gasteiger partial charge in [0.2, 0.25) is 0 Å². The number of hydrazone groups is 1. The van der Waals surface area contributed by atoms with Gasteiger partial charge in [-0.1, -0.05) is 23.7 Å². The van der Waals surface area contributed by atoms with E-state index in [0.29, 0.717) is 40.7 Å². The largest absolute Gasteiger partial charge is 0.493 e. The molecule has 2 amide bonds.